The maximum Gasteiger partial charge on any atom is 0.248 e. The molecule has 1 aliphatic heterocycles. The van der Waals surface area contributed by atoms with E-state index in [9.17, 15) is 4.79 Å². The van der Waals surface area contributed by atoms with E-state index in [1.165, 1.54) is 16.7 Å². The highest BCUT2D eigenvalue weighted by Gasteiger charge is 2.25. The van der Waals surface area contributed by atoms with Gasteiger partial charge in [0.05, 0.1) is 7.11 Å². The first kappa shape index (κ1) is 21.3. The summed E-state index contributed by atoms with van der Waals surface area (Å²) in [6, 6.07) is 17.2. The summed E-state index contributed by atoms with van der Waals surface area (Å²) in [6.45, 7) is 4.69. The number of nitrogens with one attached hydrogen (secondary N) is 1. The summed E-state index contributed by atoms with van der Waals surface area (Å²) in [6.07, 6.45) is 1.90. The molecule has 156 valence electrons. The zero-order valence-electron chi connectivity index (χ0n) is 17.7. The minimum Gasteiger partial charge on any atom is -0.496 e. The van der Waals surface area contributed by atoms with Gasteiger partial charge in [-0.3, -0.25) is 4.79 Å². The molecule has 1 amide bonds. The molecule has 1 saturated heterocycles. The van der Waals surface area contributed by atoms with Crippen LogP contribution in [0, 0.1) is 0 Å². The first-order valence-electron chi connectivity index (χ1n) is 10.3. The van der Waals surface area contributed by atoms with E-state index >= 15 is 0 Å². The zero-order chi connectivity index (χ0) is 20.6. The second-order valence-corrected chi connectivity index (χ2v) is 7.68. The largest absolute Gasteiger partial charge is 0.496 e. The van der Waals surface area contributed by atoms with Gasteiger partial charge in [-0.1, -0.05) is 42.5 Å². The fourth-order valence-electron chi connectivity index (χ4n) is 4.00. The predicted octanol–water partition coefficient (Wildman–Crippen LogP) is 3.90. The van der Waals surface area contributed by atoms with Crippen LogP contribution in [0.4, 0.5) is 0 Å². The number of rotatable bonds is 8. The highest BCUT2D eigenvalue weighted by molar-refractivity contribution is 5.77. The third-order valence-electron chi connectivity index (χ3n) is 5.76. The van der Waals surface area contributed by atoms with Crippen molar-refractivity contribution in [1.29, 1.82) is 0 Å². The second-order valence-electron chi connectivity index (χ2n) is 7.68. The molecule has 1 aliphatic rings. The van der Waals surface area contributed by atoms with Crippen LogP contribution < -0.4 is 10.1 Å². The molecular formula is C24H32N2O3. The van der Waals surface area contributed by atoms with E-state index in [1.807, 2.05) is 11.0 Å². The van der Waals surface area contributed by atoms with Crippen LogP contribution in [-0.4, -0.2) is 44.7 Å². The Kier molecular flexibility index (Phi) is 7.67. The number of methoxy groups -OCH3 is 2. The highest BCUT2D eigenvalue weighted by atomic mass is 16.5. The van der Waals surface area contributed by atoms with E-state index in [0.717, 1.165) is 38.2 Å². The summed E-state index contributed by atoms with van der Waals surface area (Å²) in [4.78, 5) is 14.0. The number of carbonyl (C=O) groups is 1. The number of likely N-dealkylation sites (tertiary alicyclic amines) is 1. The summed E-state index contributed by atoms with van der Waals surface area (Å²) in [5.74, 6) is 1.42. The minimum atomic E-state index is 0.0748. The molecule has 0 aromatic heterocycles. The van der Waals surface area contributed by atoms with Gasteiger partial charge in [0, 0.05) is 32.8 Å². The molecular weight excluding hydrogens is 364 g/mol. The third kappa shape index (κ3) is 5.58. The lowest BCUT2D eigenvalue weighted by molar-refractivity contribution is -0.136. The van der Waals surface area contributed by atoms with Gasteiger partial charge in [-0.25, -0.2) is 0 Å². The molecule has 0 spiro atoms. The molecule has 1 N–H and O–H groups in total. The lowest BCUT2D eigenvalue weighted by atomic mass is 9.87. The molecule has 5 heteroatoms. The number of carbonyl (C=O) groups excluding carboxylic acids is 1. The van der Waals surface area contributed by atoms with Crippen molar-refractivity contribution in [3.63, 3.8) is 0 Å². The number of hydrogen-bond acceptors (Lipinski definition) is 4. The van der Waals surface area contributed by atoms with Gasteiger partial charge >= 0.3 is 0 Å². The fraction of sp³-hybridized carbons (Fsp3) is 0.458. The van der Waals surface area contributed by atoms with Gasteiger partial charge < -0.3 is 19.7 Å². The first-order valence-corrected chi connectivity index (χ1v) is 10.3. The van der Waals surface area contributed by atoms with Crippen molar-refractivity contribution >= 4 is 5.91 Å². The quantitative estimate of drug-likeness (QED) is 0.735. The van der Waals surface area contributed by atoms with Gasteiger partial charge in [-0.15, -0.1) is 0 Å². The summed E-state index contributed by atoms with van der Waals surface area (Å²) in [5.41, 5.74) is 3.79. The van der Waals surface area contributed by atoms with Crippen molar-refractivity contribution in [3.05, 3.63) is 65.2 Å². The van der Waals surface area contributed by atoms with Gasteiger partial charge in [0.1, 0.15) is 12.4 Å². The molecule has 0 aliphatic carbocycles. The Morgan fingerprint density at radius 1 is 1.14 bits per heavy atom. The molecule has 0 saturated carbocycles. The number of amides is 1. The summed E-state index contributed by atoms with van der Waals surface area (Å²) < 4.78 is 10.6. The van der Waals surface area contributed by atoms with Crippen LogP contribution in [0.1, 0.15) is 48.4 Å². The molecule has 0 unspecified atom stereocenters. The van der Waals surface area contributed by atoms with E-state index in [0.29, 0.717) is 5.92 Å². The zero-order valence-corrected chi connectivity index (χ0v) is 17.7. The first-order chi connectivity index (χ1) is 14.1. The maximum absolute atomic E-state index is 12.1. The number of hydrogen-bond donors (Lipinski definition) is 1. The lowest BCUT2D eigenvalue weighted by Gasteiger charge is -2.33. The SMILES string of the molecule is COCC(=O)N1CCC(c2cc(CN[C@H](C)c3ccccc3)ccc2OC)CC1. The molecule has 5 nitrogen and oxygen atoms in total. The monoisotopic (exact) mass is 396 g/mol. The van der Waals surface area contributed by atoms with Crippen LogP contribution in [0.5, 0.6) is 5.75 Å². The van der Waals surface area contributed by atoms with Crippen LogP contribution >= 0.6 is 0 Å². The number of piperidine rings is 1. The van der Waals surface area contributed by atoms with E-state index < -0.39 is 0 Å². The van der Waals surface area contributed by atoms with E-state index in [2.05, 4.69) is 54.7 Å². The van der Waals surface area contributed by atoms with Gasteiger partial charge in [-0.2, -0.15) is 0 Å². The van der Waals surface area contributed by atoms with E-state index in [-0.39, 0.29) is 18.6 Å². The molecule has 3 rings (SSSR count). The summed E-state index contributed by atoms with van der Waals surface area (Å²) in [7, 11) is 3.29. The second kappa shape index (κ2) is 10.4. The number of benzene rings is 2. The van der Waals surface area contributed by atoms with Crippen LogP contribution in [0.15, 0.2) is 48.5 Å². The number of ether oxygens (including phenoxy) is 2. The minimum absolute atomic E-state index is 0.0748. The van der Waals surface area contributed by atoms with Gasteiger partial charge in [0.15, 0.2) is 0 Å². The van der Waals surface area contributed by atoms with Crippen LogP contribution in [0.2, 0.25) is 0 Å². The average Bonchev–Trinajstić information content (AvgIpc) is 2.78. The fourth-order valence-corrected chi connectivity index (χ4v) is 4.00. The number of nitrogens with zero attached hydrogens (tertiary/aromatic N) is 1. The molecule has 2 aromatic carbocycles. The lowest BCUT2D eigenvalue weighted by Crippen LogP contribution is -2.39. The van der Waals surface area contributed by atoms with Crippen LogP contribution in [-0.2, 0) is 16.1 Å². The average molecular weight is 397 g/mol. The summed E-state index contributed by atoms with van der Waals surface area (Å²) in [5, 5.41) is 3.61. The summed E-state index contributed by atoms with van der Waals surface area (Å²) >= 11 is 0. The van der Waals surface area contributed by atoms with Crippen LogP contribution in [0.3, 0.4) is 0 Å². The molecule has 1 fully saturated rings. The van der Waals surface area contributed by atoms with Crippen molar-refractivity contribution in [2.24, 2.45) is 0 Å². The standard InChI is InChI=1S/C24H32N2O3/c1-18(20-7-5-4-6-8-20)25-16-19-9-10-23(29-3)22(15-19)21-11-13-26(14-12-21)24(27)17-28-2/h4-10,15,18,21,25H,11-14,16-17H2,1-3H3/t18-/m1/s1. The van der Waals surface area contributed by atoms with Gasteiger partial charge in [-0.05, 0) is 48.4 Å². The normalized spacial score (nSPS) is 15.9. The van der Waals surface area contributed by atoms with Crippen molar-refractivity contribution in [2.75, 3.05) is 33.9 Å². The molecule has 0 radical (unpaired) electrons. The van der Waals surface area contributed by atoms with E-state index in [4.69, 9.17) is 9.47 Å². The Morgan fingerprint density at radius 2 is 1.86 bits per heavy atom. The van der Waals surface area contributed by atoms with Crippen molar-refractivity contribution < 1.29 is 14.3 Å². The molecule has 0 bridgehead atoms. The molecule has 1 atom stereocenters. The topological polar surface area (TPSA) is 50.8 Å². The third-order valence-corrected chi connectivity index (χ3v) is 5.76. The van der Waals surface area contributed by atoms with Crippen molar-refractivity contribution in [3.8, 4) is 5.75 Å². The van der Waals surface area contributed by atoms with Gasteiger partial charge in [0.2, 0.25) is 5.91 Å². The smallest absolute Gasteiger partial charge is 0.248 e. The van der Waals surface area contributed by atoms with Crippen molar-refractivity contribution in [1.82, 2.24) is 10.2 Å². The Balaban J connectivity index is 1.64. The Morgan fingerprint density at radius 3 is 2.52 bits per heavy atom. The van der Waals surface area contributed by atoms with Crippen molar-refractivity contribution in [2.45, 2.75) is 38.3 Å². The van der Waals surface area contributed by atoms with E-state index in [1.54, 1.807) is 14.2 Å². The Bertz CT molecular complexity index is 786. The highest BCUT2D eigenvalue weighted by Crippen LogP contribution is 2.35. The molecule has 29 heavy (non-hydrogen) atoms. The molecule has 1 heterocycles. The Labute approximate surface area is 174 Å². The predicted molar refractivity (Wildman–Crippen MR) is 115 cm³/mol. The van der Waals surface area contributed by atoms with Gasteiger partial charge in [0.25, 0.3) is 0 Å². The molecule has 2 aromatic rings. The Hall–Kier alpha value is -2.37. The van der Waals surface area contributed by atoms with Crippen LogP contribution in [0.25, 0.3) is 0 Å². The maximum atomic E-state index is 12.1.